The van der Waals surface area contributed by atoms with Crippen LogP contribution in [0.25, 0.3) is 0 Å². The first-order valence-corrected chi connectivity index (χ1v) is 8.58. The Kier molecular flexibility index (Phi) is 3.95. The summed E-state index contributed by atoms with van der Waals surface area (Å²) < 4.78 is 0. The molecule has 4 rings (SSSR count). The summed E-state index contributed by atoms with van der Waals surface area (Å²) in [6.07, 6.45) is 5.75. The molecule has 0 aliphatic carbocycles. The van der Waals surface area contributed by atoms with Crippen molar-refractivity contribution >= 4 is 11.5 Å². The van der Waals surface area contributed by atoms with E-state index in [2.05, 4.69) is 47.2 Å². The number of fused-ring (bicyclic) bond motifs is 2. The largest absolute Gasteiger partial charge is 0.347 e. The molecule has 122 valence electrons. The SMILES string of the molecule is CN1CCc2ccc(C(=O)C=CN3CCc4ccccc43)cc2C1. The molecule has 2 aromatic rings. The van der Waals surface area contributed by atoms with E-state index in [0.29, 0.717) is 0 Å². The van der Waals surface area contributed by atoms with Crippen molar-refractivity contribution in [2.75, 3.05) is 25.0 Å². The Hall–Kier alpha value is -2.39. The van der Waals surface area contributed by atoms with E-state index in [9.17, 15) is 4.79 Å². The van der Waals surface area contributed by atoms with Crippen LogP contribution >= 0.6 is 0 Å². The molecule has 0 saturated carbocycles. The number of hydrogen-bond donors (Lipinski definition) is 0. The van der Waals surface area contributed by atoms with Crippen LogP contribution in [0, 0.1) is 0 Å². The number of ketones is 1. The predicted molar refractivity (Wildman–Crippen MR) is 97.4 cm³/mol. The molecule has 0 spiro atoms. The average molecular weight is 318 g/mol. The van der Waals surface area contributed by atoms with Crippen molar-refractivity contribution in [3.8, 4) is 0 Å². The van der Waals surface area contributed by atoms with Crippen LogP contribution in [-0.4, -0.2) is 30.8 Å². The molecule has 0 amide bonds. The van der Waals surface area contributed by atoms with Crippen molar-refractivity contribution < 1.29 is 4.79 Å². The molecule has 0 unspecified atom stereocenters. The van der Waals surface area contributed by atoms with Gasteiger partial charge in [0.25, 0.3) is 0 Å². The molecule has 3 heteroatoms. The fourth-order valence-corrected chi connectivity index (χ4v) is 3.62. The van der Waals surface area contributed by atoms with Crippen molar-refractivity contribution in [2.45, 2.75) is 19.4 Å². The van der Waals surface area contributed by atoms with E-state index in [0.717, 1.165) is 38.0 Å². The predicted octanol–water partition coefficient (Wildman–Crippen LogP) is 3.43. The van der Waals surface area contributed by atoms with Crippen LogP contribution in [0.15, 0.2) is 54.7 Å². The zero-order valence-electron chi connectivity index (χ0n) is 14.0. The van der Waals surface area contributed by atoms with E-state index in [4.69, 9.17) is 0 Å². The van der Waals surface area contributed by atoms with E-state index in [1.54, 1.807) is 6.08 Å². The molecular formula is C21H22N2O. The second-order valence-electron chi connectivity index (χ2n) is 6.72. The third-order valence-corrected chi connectivity index (χ3v) is 5.02. The number of anilines is 1. The minimum Gasteiger partial charge on any atom is -0.347 e. The molecule has 0 bridgehead atoms. The van der Waals surface area contributed by atoms with Gasteiger partial charge in [0.15, 0.2) is 5.78 Å². The van der Waals surface area contributed by atoms with Gasteiger partial charge in [0, 0.05) is 43.2 Å². The van der Waals surface area contributed by atoms with Crippen LogP contribution in [0.4, 0.5) is 5.69 Å². The van der Waals surface area contributed by atoms with Crippen LogP contribution in [-0.2, 0) is 19.4 Å². The van der Waals surface area contributed by atoms with Gasteiger partial charge in [-0.2, -0.15) is 0 Å². The molecule has 2 aliphatic heterocycles. The fourth-order valence-electron chi connectivity index (χ4n) is 3.62. The monoisotopic (exact) mass is 318 g/mol. The van der Waals surface area contributed by atoms with Gasteiger partial charge in [0.05, 0.1) is 0 Å². The summed E-state index contributed by atoms with van der Waals surface area (Å²) in [5, 5.41) is 0. The lowest BCUT2D eigenvalue weighted by molar-refractivity contribution is 0.104. The van der Waals surface area contributed by atoms with Gasteiger partial charge in [-0.05, 0) is 48.7 Å². The van der Waals surface area contributed by atoms with Gasteiger partial charge in [-0.1, -0.05) is 30.3 Å². The number of carbonyl (C=O) groups excluding carboxylic acids is 1. The third kappa shape index (κ3) is 2.87. The maximum absolute atomic E-state index is 12.6. The topological polar surface area (TPSA) is 23.6 Å². The van der Waals surface area contributed by atoms with E-state index in [1.165, 1.54) is 22.4 Å². The summed E-state index contributed by atoms with van der Waals surface area (Å²) in [6, 6.07) is 14.5. The quantitative estimate of drug-likeness (QED) is 0.640. The molecule has 2 aliphatic rings. The second kappa shape index (κ2) is 6.25. The summed E-state index contributed by atoms with van der Waals surface area (Å²) in [5.74, 6) is 0.0791. The molecule has 0 atom stereocenters. The molecular weight excluding hydrogens is 296 g/mol. The summed E-state index contributed by atoms with van der Waals surface area (Å²) in [6.45, 7) is 2.96. The minimum absolute atomic E-state index is 0.0791. The van der Waals surface area contributed by atoms with Crippen LogP contribution < -0.4 is 4.90 Å². The zero-order chi connectivity index (χ0) is 16.5. The number of nitrogens with zero attached hydrogens (tertiary/aromatic N) is 2. The number of benzene rings is 2. The Morgan fingerprint density at radius 2 is 1.83 bits per heavy atom. The molecule has 2 heterocycles. The molecule has 0 N–H and O–H groups in total. The smallest absolute Gasteiger partial charge is 0.187 e. The summed E-state index contributed by atoms with van der Waals surface area (Å²) in [4.78, 5) is 17.0. The Balaban J connectivity index is 1.52. The van der Waals surface area contributed by atoms with Crippen molar-refractivity contribution in [2.24, 2.45) is 0 Å². The zero-order valence-corrected chi connectivity index (χ0v) is 14.0. The average Bonchev–Trinajstić information content (AvgIpc) is 3.02. The van der Waals surface area contributed by atoms with Crippen molar-refractivity contribution in [1.82, 2.24) is 4.90 Å². The first kappa shape index (κ1) is 15.2. The van der Waals surface area contributed by atoms with E-state index in [-0.39, 0.29) is 5.78 Å². The standard InChI is InChI=1S/C21H22N2O/c1-22-11-8-16-6-7-18(14-19(16)15-22)21(24)10-13-23-12-9-17-4-2-3-5-20(17)23/h2-7,10,13-14H,8-9,11-12,15H2,1H3. The highest BCUT2D eigenvalue weighted by molar-refractivity contribution is 6.04. The van der Waals surface area contributed by atoms with Gasteiger partial charge < -0.3 is 9.80 Å². The molecule has 0 fully saturated rings. The summed E-state index contributed by atoms with van der Waals surface area (Å²) >= 11 is 0. The lowest BCUT2D eigenvalue weighted by Gasteiger charge is -2.25. The Morgan fingerprint density at radius 1 is 1.00 bits per heavy atom. The van der Waals surface area contributed by atoms with Crippen molar-refractivity contribution in [1.29, 1.82) is 0 Å². The van der Waals surface area contributed by atoms with Crippen LogP contribution in [0.3, 0.4) is 0 Å². The lowest BCUT2D eigenvalue weighted by Crippen LogP contribution is -2.26. The maximum atomic E-state index is 12.6. The van der Waals surface area contributed by atoms with Crippen molar-refractivity contribution in [3.05, 3.63) is 77.0 Å². The van der Waals surface area contributed by atoms with Gasteiger partial charge in [0.2, 0.25) is 0 Å². The summed E-state index contributed by atoms with van der Waals surface area (Å²) in [7, 11) is 2.13. The maximum Gasteiger partial charge on any atom is 0.187 e. The molecule has 24 heavy (non-hydrogen) atoms. The Morgan fingerprint density at radius 3 is 2.75 bits per heavy atom. The fraction of sp³-hybridized carbons (Fsp3) is 0.286. The highest BCUT2D eigenvalue weighted by atomic mass is 16.1. The number of likely N-dealkylation sites (N-methyl/N-ethyl adjacent to an activating group) is 1. The second-order valence-corrected chi connectivity index (χ2v) is 6.72. The molecule has 2 aromatic carbocycles. The number of hydrogen-bond acceptors (Lipinski definition) is 3. The Labute approximate surface area is 143 Å². The molecule has 0 saturated heterocycles. The van der Waals surface area contributed by atoms with Crippen LogP contribution in [0.2, 0.25) is 0 Å². The van der Waals surface area contributed by atoms with E-state index < -0.39 is 0 Å². The number of allylic oxidation sites excluding steroid dienone is 1. The van der Waals surface area contributed by atoms with Gasteiger partial charge in [-0.15, -0.1) is 0 Å². The van der Waals surface area contributed by atoms with E-state index >= 15 is 0 Å². The normalized spacial score (nSPS) is 17.1. The van der Waals surface area contributed by atoms with Crippen LogP contribution in [0.1, 0.15) is 27.0 Å². The van der Waals surface area contributed by atoms with Gasteiger partial charge in [0.1, 0.15) is 0 Å². The third-order valence-electron chi connectivity index (χ3n) is 5.02. The lowest BCUT2D eigenvalue weighted by atomic mass is 9.96. The molecule has 0 radical (unpaired) electrons. The molecule has 3 nitrogen and oxygen atoms in total. The van der Waals surface area contributed by atoms with Gasteiger partial charge in [-0.25, -0.2) is 0 Å². The molecule has 0 aromatic heterocycles. The first-order chi connectivity index (χ1) is 11.7. The van der Waals surface area contributed by atoms with Gasteiger partial charge >= 0.3 is 0 Å². The van der Waals surface area contributed by atoms with Gasteiger partial charge in [-0.3, -0.25) is 4.79 Å². The number of carbonyl (C=O) groups is 1. The summed E-state index contributed by atoms with van der Waals surface area (Å²) in [5.41, 5.74) is 6.02. The first-order valence-electron chi connectivity index (χ1n) is 8.58. The Bertz CT molecular complexity index is 809. The van der Waals surface area contributed by atoms with Crippen molar-refractivity contribution in [3.63, 3.8) is 0 Å². The van der Waals surface area contributed by atoms with Crippen LogP contribution in [0.5, 0.6) is 0 Å². The number of rotatable bonds is 3. The highest BCUT2D eigenvalue weighted by Crippen LogP contribution is 2.27. The highest BCUT2D eigenvalue weighted by Gasteiger charge is 2.17. The minimum atomic E-state index is 0.0791. The number of para-hydroxylation sites is 1. The van der Waals surface area contributed by atoms with E-state index in [1.807, 2.05) is 18.3 Å².